The highest BCUT2D eigenvalue weighted by Gasteiger charge is 2.12. The van der Waals surface area contributed by atoms with Gasteiger partial charge in [-0.25, -0.2) is 0 Å². The molecule has 0 atom stereocenters. The third-order valence-corrected chi connectivity index (χ3v) is 6.15. The van der Waals surface area contributed by atoms with Crippen LogP contribution in [0, 0.1) is 11.3 Å². The lowest BCUT2D eigenvalue weighted by Crippen LogP contribution is -2.21. The molecule has 0 unspecified atom stereocenters. The third kappa shape index (κ3) is 5.59. The minimum atomic E-state index is -0.182. The van der Waals surface area contributed by atoms with Crippen LogP contribution in [-0.2, 0) is 6.54 Å². The van der Waals surface area contributed by atoms with Crippen molar-refractivity contribution < 1.29 is 9.47 Å². The van der Waals surface area contributed by atoms with Crippen LogP contribution >= 0.6 is 11.6 Å². The van der Waals surface area contributed by atoms with Crippen LogP contribution in [0.2, 0.25) is 5.02 Å². The van der Waals surface area contributed by atoms with E-state index in [0.29, 0.717) is 46.3 Å². The van der Waals surface area contributed by atoms with Crippen molar-refractivity contribution in [1.29, 1.82) is 5.26 Å². The van der Waals surface area contributed by atoms with Crippen LogP contribution in [0.25, 0.3) is 10.9 Å². The summed E-state index contributed by atoms with van der Waals surface area (Å²) < 4.78 is 11.1. The Hall–Kier alpha value is -3.21. The standard InChI is InChI=1S/C25H27ClN4O3/c1-32-23-13-20(6-5-17(23)15-27)28-16-19-11-18-12-21(26)24(14-22(18)29-25(19)31)33-10-4-9-30-7-2-3-8-30/h5-6,11-14,28H,2-4,7-10,16H2,1H3,(H,29,31). The monoisotopic (exact) mass is 466 g/mol. The molecule has 1 saturated heterocycles. The highest BCUT2D eigenvalue weighted by atomic mass is 35.5. The molecule has 4 rings (SSSR count). The number of aromatic amines is 1. The average Bonchev–Trinajstić information content (AvgIpc) is 3.34. The molecule has 0 bridgehead atoms. The normalized spacial score (nSPS) is 13.7. The number of benzene rings is 2. The van der Waals surface area contributed by atoms with E-state index in [1.807, 2.05) is 12.1 Å². The van der Waals surface area contributed by atoms with Gasteiger partial charge in [-0.05, 0) is 56.6 Å². The summed E-state index contributed by atoms with van der Waals surface area (Å²) in [4.78, 5) is 18.0. The number of aromatic nitrogens is 1. The molecular weight excluding hydrogens is 440 g/mol. The summed E-state index contributed by atoms with van der Waals surface area (Å²) in [6.45, 7) is 4.28. The lowest BCUT2D eigenvalue weighted by molar-refractivity contribution is 0.263. The molecule has 1 fully saturated rings. The first kappa shape index (κ1) is 23.0. The summed E-state index contributed by atoms with van der Waals surface area (Å²) >= 11 is 6.45. The van der Waals surface area contributed by atoms with E-state index in [9.17, 15) is 4.79 Å². The van der Waals surface area contributed by atoms with E-state index in [-0.39, 0.29) is 5.56 Å². The molecule has 1 aliphatic heterocycles. The van der Waals surface area contributed by atoms with Crippen LogP contribution in [-0.4, -0.2) is 43.2 Å². The van der Waals surface area contributed by atoms with E-state index >= 15 is 0 Å². The van der Waals surface area contributed by atoms with Crippen LogP contribution < -0.4 is 20.3 Å². The van der Waals surface area contributed by atoms with Crippen molar-refractivity contribution in [2.45, 2.75) is 25.8 Å². The van der Waals surface area contributed by atoms with Gasteiger partial charge in [-0.3, -0.25) is 4.79 Å². The quantitative estimate of drug-likeness (QED) is 0.450. The first-order valence-electron chi connectivity index (χ1n) is 11.1. The van der Waals surface area contributed by atoms with Gasteiger partial charge >= 0.3 is 0 Å². The molecule has 33 heavy (non-hydrogen) atoms. The van der Waals surface area contributed by atoms with Crippen molar-refractivity contribution in [2.75, 3.05) is 38.7 Å². The number of hydrogen-bond donors (Lipinski definition) is 2. The molecule has 7 nitrogen and oxygen atoms in total. The molecule has 3 aromatic rings. The average molecular weight is 467 g/mol. The number of rotatable bonds is 9. The molecule has 1 aliphatic rings. The van der Waals surface area contributed by atoms with Crippen LogP contribution in [0.5, 0.6) is 11.5 Å². The maximum Gasteiger partial charge on any atom is 0.253 e. The Kier molecular flexibility index (Phi) is 7.38. The second-order valence-corrected chi connectivity index (χ2v) is 8.53. The van der Waals surface area contributed by atoms with Crippen molar-refractivity contribution in [3.63, 3.8) is 0 Å². The van der Waals surface area contributed by atoms with Crippen LogP contribution in [0.4, 0.5) is 5.69 Å². The number of nitrogens with zero attached hydrogens (tertiary/aromatic N) is 2. The van der Waals surface area contributed by atoms with E-state index in [1.165, 1.54) is 33.0 Å². The Bertz CT molecular complexity index is 1230. The lowest BCUT2D eigenvalue weighted by atomic mass is 10.1. The largest absolute Gasteiger partial charge is 0.495 e. The summed E-state index contributed by atoms with van der Waals surface area (Å²) in [6.07, 6.45) is 3.50. The molecule has 172 valence electrons. The van der Waals surface area contributed by atoms with E-state index in [0.717, 1.165) is 24.0 Å². The minimum absolute atomic E-state index is 0.182. The summed E-state index contributed by atoms with van der Waals surface area (Å²) in [5, 5.41) is 13.7. The van der Waals surface area contributed by atoms with Crippen molar-refractivity contribution in [2.24, 2.45) is 0 Å². The van der Waals surface area contributed by atoms with Crippen molar-refractivity contribution in [3.8, 4) is 17.6 Å². The minimum Gasteiger partial charge on any atom is -0.495 e. The molecule has 2 heterocycles. The van der Waals surface area contributed by atoms with Crippen molar-refractivity contribution in [3.05, 3.63) is 62.9 Å². The van der Waals surface area contributed by atoms with Gasteiger partial charge in [0.15, 0.2) is 0 Å². The van der Waals surface area contributed by atoms with E-state index in [4.69, 9.17) is 26.3 Å². The lowest BCUT2D eigenvalue weighted by Gasteiger charge is -2.15. The SMILES string of the molecule is COc1cc(NCc2cc3cc(Cl)c(OCCCN4CCCC4)cc3[nH]c2=O)ccc1C#N. The third-order valence-electron chi connectivity index (χ3n) is 5.85. The Morgan fingerprint density at radius 2 is 2.00 bits per heavy atom. The first-order valence-corrected chi connectivity index (χ1v) is 11.5. The van der Waals surface area contributed by atoms with Gasteiger partial charge in [-0.2, -0.15) is 5.26 Å². The maximum absolute atomic E-state index is 12.6. The van der Waals surface area contributed by atoms with Crippen LogP contribution in [0.15, 0.2) is 41.2 Å². The Morgan fingerprint density at radius 1 is 1.18 bits per heavy atom. The zero-order valence-corrected chi connectivity index (χ0v) is 19.4. The van der Waals surface area contributed by atoms with E-state index in [2.05, 4.69) is 21.3 Å². The molecule has 0 radical (unpaired) electrons. The molecule has 0 amide bonds. The fraction of sp³-hybridized carbons (Fsp3) is 0.360. The van der Waals surface area contributed by atoms with Gasteiger partial charge in [0.1, 0.15) is 17.6 Å². The fourth-order valence-corrected chi connectivity index (χ4v) is 4.29. The van der Waals surface area contributed by atoms with Gasteiger partial charge in [0, 0.05) is 41.9 Å². The molecule has 0 spiro atoms. The van der Waals surface area contributed by atoms with E-state index < -0.39 is 0 Å². The van der Waals surface area contributed by atoms with E-state index in [1.54, 1.807) is 24.3 Å². The summed E-state index contributed by atoms with van der Waals surface area (Å²) in [6, 6.07) is 12.7. The molecule has 2 aromatic carbocycles. The van der Waals surface area contributed by atoms with Crippen LogP contribution in [0.1, 0.15) is 30.4 Å². The van der Waals surface area contributed by atoms with Crippen molar-refractivity contribution in [1.82, 2.24) is 9.88 Å². The van der Waals surface area contributed by atoms with Gasteiger partial charge < -0.3 is 24.7 Å². The Balaban J connectivity index is 1.43. The molecule has 0 saturated carbocycles. The molecule has 1 aromatic heterocycles. The number of likely N-dealkylation sites (tertiary alicyclic amines) is 1. The number of nitrogens with one attached hydrogen (secondary N) is 2. The molecule has 0 aliphatic carbocycles. The molecule has 2 N–H and O–H groups in total. The number of ether oxygens (including phenoxy) is 2. The predicted octanol–water partition coefficient (Wildman–Crippen LogP) is 4.54. The Morgan fingerprint density at radius 3 is 2.76 bits per heavy atom. The summed E-state index contributed by atoms with van der Waals surface area (Å²) in [7, 11) is 1.52. The zero-order valence-electron chi connectivity index (χ0n) is 18.6. The second kappa shape index (κ2) is 10.6. The van der Waals surface area contributed by atoms with Gasteiger partial charge in [-0.15, -0.1) is 0 Å². The highest BCUT2D eigenvalue weighted by Crippen LogP contribution is 2.29. The predicted molar refractivity (Wildman–Crippen MR) is 130 cm³/mol. The smallest absolute Gasteiger partial charge is 0.253 e. The van der Waals surface area contributed by atoms with Crippen LogP contribution in [0.3, 0.4) is 0 Å². The second-order valence-electron chi connectivity index (χ2n) is 8.12. The number of anilines is 1. The summed E-state index contributed by atoms with van der Waals surface area (Å²) in [5.41, 5.74) is 2.28. The number of H-pyrrole nitrogens is 1. The maximum atomic E-state index is 12.6. The topological polar surface area (TPSA) is 90.4 Å². The number of nitriles is 1. The zero-order chi connectivity index (χ0) is 23.2. The number of fused-ring (bicyclic) bond motifs is 1. The van der Waals surface area contributed by atoms with Gasteiger partial charge in [0.05, 0.1) is 29.8 Å². The van der Waals surface area contributed by atoms with Gasteiger partial charge in [0.25, 0.3) is 5.56 Å². The fourth-order valence-electron chi connectivity index (χ4n) is 4.06. The molecule has 8 heteroatoms. The highest BCUT2D eigenvalue weighted by molar-refractivity contribution is 6.32. The summed E-state index contributed by atoms with van der Waals surface area (Å²) in [5.74, 6) is 1.06. The number of methoxy groups -OCH3 is 1. The molecular formula is C25H27ClN4O3. The van der Waals surface area contributed by atoms with Gasteiger partial charge in [-0.1, -0.05) is 11.6 Å². The number of pyridine rings is 1. The number of halogens is 1. The van der Waals surface area contributed by atoms with Crippen molar-refractivity contribution >= 4 is 28.2 Å². The van der Waals surface area contributed by atoms with Gasteiger partial charge in [0.2, 0.25) is 0 Å². The first-order chi connectivity index (χ1) is 16.1. The number of hydrogen-bond acceptors (Lipinski definition) is 6. The Labute approximate surface area is 197 Å².